The molecule has 1 aromatic carbocycles. The lowest BCUT2D eigenvalue weighted by atomic mass is 9.95. The fraction of sp³-hybridized carbons (Fsp3) is 0.524. The van der Waals surface area contributed by atoms with Gasteiger partial charge >= 0.3 is 5.97 Å². The molecular weight excluding hydrogens is 413 g/mol. The van der Waals surface area contributed by atoms with Crippen molar-refractivity contribution in [1.29, 1.82) is 0 Å². The first-order valence-corrected chi connectivity index (χ1v) is 11.9. The molecule has 9 heteroatoms. The van der Waals surface area contributed by atoms with E-state index in [0.29, 0.717) is 30.3 Å². The quantitative estimate of drug-likeness (QED) is 0.509. The van der Waals surface area contributed by atoms with Gasteiger partial charge in [0.15, 0.2) is 0 Å². The van der Waals surface area contributed by atoms with E-state index >= 15 is 4.39 Å². The maximum Gasteiger partial charge on any atom is 0.343 e. The molecule has 2 aromatic rings. The molecule has 0 spiro atoms. The van der Waals surface area contributed by atoms with Crippen molar-refractivity contribution in [3.8, 4) is 0 Å². The second kappa shape index (κ2) is 7.77. The minimum absolute atomic E-state index is 0.0918. The summed E-state index contributed by atoms with van der Waals surface area (Å²) in [6.07, 6.45) is 5.39. The van der Waals surface area contributed by atoms with Gasteiger partial charge in [-0.1, -0.05) is 0 Å². The molecule has 30 heavy (non-hydrogen) atoms. The van der Waals surface area contributed by atoms with Gasteiger partial charge in [0, 0.05) is 17.6 Å². The van der Waals surface area contributed by atoms with E-state index in [0.717, 1.165) is 19.1 Å². The predicted octanol–water partition coefficient (Wildman–Crippen LogP) is 3.26. The van der Waals surface area contributed by atoms with Crippen molar-refractivity contribution in [3.63, 3.8) is 0 Å². The first-order valence-electron chi connectivity index (χ1n) is 10.1. The smallest absolute Gasteiger partial charge is 0.343 e. The molecule has 0 saturated heterocycles. The summed E-state index contributed by atoms with van der Waals surface area (Å²) in [6.45, 7) is 1.80. The molecule has 2 unspecified atom stereocenters. The average Bonchev–Trinajstić information content (AvgIpc) is 3.40. The summed E-state index contributed by atoms with van der Waals surface area (Å²) in [5.41, 5.74) is 0.389. The highest BCUT2D eigenvalue weighted by molar-refractivity contribution is 7.86. The number of ether oxygens (including phenoxy) is 1. The number of carbonyl (C=O) groups excluding carboxylic acids is 1. The van der Waals surface area contributed by atoms with Crippen molar-refractivity contribution in [2.45, 2.75) is 57.1 Å². The molecule has 0 amide bonds. The second-order valence-corrected chi connectivity index (χ2v) is 9.65. The third-order valence-electron chi connectivity index (χ3n) is 5.72. The van der Waals surface area contributed by atoms with E-state index in [9.17, 15) is 18.0 Å². The maximum atomic E-state index is 15.0. The van der Waals surface area contributed by atoms with E-state index in [1.54, 1.807) is 13.0 Å². The third kappa shape index (κ3) is 4.13. The van der Waals surface area contributed by atoms with Gasteiger partial charge in [0.25, 0.3) is 10.1 Å². The number of aromatic nitrogens is 1. The number of fused-ring (bicyclic) bond motifs is 1. The Morgan fingerprint density at radius 3 is 2.60 bits per heavy atom. The van der Waals surface area contributed by atoms with Crippen LogP contribution in [0.5, 0.6) is 0 Å². The number of nitrogens with zero attached hydrogens (tertiary/aromatic N) is 1. The molecule has 7 nitrogen and oxygen atoms in total. The molecule has 2 aliphatic carbocycles. The number of rotatable bonds is 6. The molecular formula is C21H24FNO6S. The van der Waals surface area contributed by atoms with Crippen LogP contribution in [0.25, 0.3) is 10.9 Å². The average molecular weight is 437 g/mol. The summed E-state index contributed by atoms with van der Waals surface area (Å²) in [4.78, 5) is 25.1. The molecule has 2 atom stereocenters. The summed E-state index contributed by atoms with van der Waals surface area (Å²) in [5.74, 6) is -1.44. The van der Waals surface area contributed by atoms with Crippen LogP contribution in [-0.4, -0.2) is 37.9 Å². The summed E-state index contributed by atoms with van der Waals surface area (Å²) >= 11 is 0. The van der Waals surface area contributed by atoms with E-state index in [2.05, 4.69) is 0 Å². The lowest BCUT2D eigenvalue weighted by Crippen LogP contribution is -2.21. The van der Waals surface area contributed by atoms with Crippen LogP contribution < -0.4 is 5.43 Å². The Balaban J connectivity index is 1.77. The zero-order chi connectivity index (χ0) is 21.6. The number of carbonyl (C=O) groups is 1. The number of pyridine rings is 1. The highest BCUT2D eigenvalue weighted by atomic mass is 32.2. The van der Waals surface area contributed by atoms with Crippen LogP contribution in [0.1, 0.15) is 66.9 Å². The molecule has 4 rings (SSSR count). The largest absolute Gasteiger partial charge is 0.462 e. The fourth-order valence-electron chi connectivity index (χ4n) is 4.26. The van der Waals surface area contributed by atoms with Crippen LogP contribution in [0.3, 0.4) is 0 Å². The number of hydrogen-bond donors (Lipinski definition) is 0. The highest BCUT2D eigenvalue weighted by Crippen LogP contribution is 2.41. The van der Waals surface area contributed by atoms with Gasteiger partial charge in [-0.3, -0.25) is 8.98 Å². The monoisotopic (exact) mass is 437 g/mol. The minimum atomic E-state index is -3.57. The van der Waals surface area contributed by atoms with E-state index in [-0.39, 0.29) is 29.5 Å². The van der Waals surface area contributed by atoms with Gasteiger partial charge in [0.2, 0.25) is 5.43 Å². The van der Waals surface area contributed by atoms with Crippen molar-refractivity contribution in [1.82, 2.24) is 4.57 Å². The molecule has 2 saturated carbocycles. The molecule has 0 N–H and O–H groups in total. The van der Waals surface area contributed by atoms with E-state index < -0.39 is 33.4 Å². The Labute approximate surface area is 173 Å². The molecule has 0 radical (unpaired) electrons. The molecule has 1 heterocycles. The molecule has 1 aromatic heterocycles. The van der Waals surface area contributed by atoms with E-state index in [1.807, 2.05) is 4.57 Å². The lowest BCUT2D eigenvalue weighted by molar-refractivity contribution is 0.0524. The van der Waals surface area contributed by atoms with Gasteiger partial charge < -0.3 is 9.30 Å². The van der Waals surface area contributed by atoms with Crippen LogP contribution in [0, 0.1) is 5.82 Å². The Kier molecular flexibility index (Phi) is 5.44. The molecule has 0 bridgehead atoms. The van der Waals surface area contributed by atoms with Crippen molar-refractivity contribution in [2.24, 2.45) is 0 Å². The Bertz CT molecular complexity index is 1170. The Hall–Kier alpha value is -2.26. The fourth-order valence-corrected chi connectivity index (χ4v) is 4.93. The zero-order valence-corrected chi connectivity index (χ0v) is 17.7. The predicted molar refractivity (Wildman–Crippen MR) is 109 cm³/mol. The highest BCUT2D eigenvalue weighted by Gasteiger charge is 2.32. The number of esters is 1. The molecule has 2 fully saturated rings. The van der Waals surface area contributed by atoms with Crippen LogP contribution >= 0.6 is 0 Å². The van der Waals surface area contributed by atoms with Crippen molar-refractivity contribution in [2.75, 3.05) is 12.9 Å². The van der Waals surface area contributed by atoms with Gasteiger partial charge in [0.05, 0.1) is 24.5 Å². The Morgan fingerprint density at radius 2 is 1.97 bits per heavy atom. The summed E-state index contributed by atoms with van der Waals surface area (Å²) in [6, 6.07) is 3.02. The first-order chi connectivity index (χ1) is 14.2. The lowest BCUT2D eigenvalue weighted by Gasteiger charge is -2.17. The standard InChI is InChI=1S/C21H24FNO6S/c1-3-28-21(25)17-11-23(13-5-6-13)19-10-15(18(22)9-16(19)20(17)24)12-4-7-14(8-12)29-30(2,26)27/h9-14H,3-8H2,1-2H3. The third-order valence-corrected chi connectivity index (χ3v) is 6.34. The first kappa shape index (κ1) is 21.0. The van der Waals surface area contributed by atoms with Crippen molar-refractivity contribution in [3.05, 3.63) is 45.5 Å². The Morgan fingerprint density at radius 1 is 1.23 bits per heavy atom. The van der Waals surface area contributed by atoms with Crippen molar-refractivity contribution < 1.29 is 26.5 Å². The van der Waals surface area contributed by atoms with Crippen molar-refractivity contribution >= 4 is 27.0 Å². The van der Waals surface area contributed by atoms with Crippen LogP contribution in [0.4, 0.5) is 4.39 Å². The molecule has 2 aliphatic rings. The molecule has 0 aliphatic heterocycles. The van der Waals surface area contributed by atoms with Crippen LogP contribution in [0.15, 0.2) is 23.1 Å². The number of benzene rings is 1. The minimum Gasteiger partial charge on any atom is -0.462 e. The molecule has 162 valence electrons. The topological polar surface area (TPSA) is 91.7 Å². The van der Waals surface area contributed by atoms with Gasteiger partial charge in [-0.05, 0) is 62.6 Å². The summed E-state index contributed by atoms with van der Waals surface area (Å²) in [7, 11) is -3.57. The normalized spacial score (nSPS) is 21.8. The maximum absolute atomic E-state index is 15.0. The van der Waals surface area contributed by atoms with E-state index in [4.69, 9.17) is 8.92 Å². The van der Waals surface area contributed by atoms with Crippen LogP contribution in [0.2, 0.25) is 0 Å². The number of hydrogen-bond acceptors (Lipinski definition) is 6. The van der Waals surface area contributed by atoms with Gasteiger partial charge in [-0.25, -0.2) is 9.18 Å². The number of halogens is 1. The summed E-state index contributed by atoms with van der Waals surface area (Å²) < 4.78 is 49.8. The zero-order valence-electron chi connectivity index (χ0n) is 16.9. The van der Waals surface area contributed by atoms with Gasteiger partial charge in [-0.2, -0.15) is 8.42 Å². The van der Waals surface area contributed by atoms with Crippen LogP contribution in [-0.2, 0) is 19.0 Å². The SMILES string of the molecule is CCOC(=O)c1cn(C2CC2)c2cc(C3CCC(OS(C)(=O)=O)C3)c(F)cc2c1=O. The second-order valence-electron chi connectivity index (χ2n) is 8.05. The summed E-state index contributed by atoms with van der Waals surface area (Å²) in [5, 5.41) is 0.149. The van der Waals surface area contributed by atoms with Gasteiger partial charge in [-0.15, -0.1) is 0 Å². The van der Waals surface area contributed by atoms with E-state index in [1.165, 1.54) is 12.3 Å². The van der Waals surface area contributed by atoms with Gasteiger partial charge in [0.1, 0.15) is 11.4 Å².